The monoisotopic (exact) mass is 205 g/mol. The van der Waals surface area contributed by atoms with Crippen molar-refractivity contribution in [2.75, 3.05) is 20.8 Å². The molecule has 80 valence electrons. The van der Waals surface area contributed by atoms with Crippen LogP contribution in [0.2, 0.25) is 0 Å². The Balaban J connectivity index is 2.52. The summed E-state index contributed by atoms with van der Waals surface area (Å²) >= 11 is 0. The summed E-state index contributed by atoms with van der Waals surface area (Å²) in [6.45, 7) is 0.572. The second-order valence-electron chi connectivity index (χ2n) is 3.46. The molecule has 1 aromatic carbocycles. The maximum absolute atomic E-state index is 5.67. The lowest BCUT2D eigenvalue weighted by atomic mass is 10.0. The topological polar surface area (TPSA) is 44.5 Å². The van der Waals surface area contributed by atoms with Gasteiger partial charge in [0, 0.05) is 12.1 Å². The van der Waals surface area contributed by atoms with Gasteiger partial charge in [-0.2, -0.15) is 0 Å². The highest BCUT2D eigenvalue weighted by Gasteiger charge is 2.19. The molecule has 0 saturated carbocycles. The molecule has 3 nitrogen and oxygen atoms in total. The zero-order chi connectivity index (χ0) is 10.8. The van der Waals surface area contributed by atoms with Crippen molar-refractivity contribution in [1.29, 1.82) is 0 Å². The van der Waals surface area contributed by atoms with Crippen LogP contribution in [0, 0.1) is 0 Å². The molecule has 1 aliphatic rings. The van der Waals surface area contributed by atoms with Gasteiger partial charge in [-0.3, -0.25) is 0 Å². The van der Waals surface area contributed by atoms with Crippen molar-refractivity contribution in [3.05, 3.63) is 29.3 Å². The van der Waals surface area contributed by atoms with Crippen molar-refractivity contribution < 1.29 is 9.47 Å². The van der Waals surface area contributed by atoms with Gasteiger partial charge in [-0.25, -0.2) is 0 Å². The zero-order valence-corrected chi connectivity index (χ0v) is 9.04. The lowest BCUT2D eigenvalue weighted by Gasteiger charge is -2.12. The molecule has 0 bridgehead atoms. The second-order valence-corrected chi connectivity index (χ2v) is 3.46. The Morgan fingerprint density at radius 1 is 1.27 bits per heavy atom. The Morgan fingerprint density at radius 2 is 2.07 bits per heavy atom. The molecule has 0 atom stereocenters. The van der Waals surface area contributed by atoms with Crippen LogP contribution in [0.4, 0.5) is 0 Å². The number of nitrogens with two attached hydrogens (primary N) is 1. The Bertz CT molecular complexity index is 410. The molecule has 15 heavy (non-hydrogen) atoms. The summed E-state index contributed by atoms with van der Waals surface area (Å²) in [7, 11) is 3.31. The van der Waals surface area contributed by atoms with Gasteiger partial charge in [-0.15, -0.1) is 0 Å². The van der Waals surface area contributed by atoms with Crippen molar-refractivity contribution in [1.82, 2.24) is 0 Å². The van der Waals surface area contributed by atoms with Gasteiger partial charge >= 0.3 is 0 Å². The maximum Gasteiger partial charge on any atom is 0.164 e. The van der Waals surface area contributed by atoms with E-state index >= 15 is 0 Å². The van der Waals surface area contributed by atoms with Crippen LogP contribution in [0.15, 0.2) is 18.2 Å². The van der Waals surface area contributed by atoms with E-state index in [1.54, 1.807) is 14.2 Å². The fourth-order valence-electron chi connectivity index (χ4n) is 2.02. The minimum absolute atomic E-state index is 0.572. The molecule has 1 aromatic rings. The third-order valence-corrected chi connectivity index (χ3v) is 2.77. The number of allylic oxidation sites excluding steroid dienone is 1. The lowest BCUT2D eigenvalue weighted by molar-refractivity contribution is 0.352. The summed E-state index contributed by atoms with van der Waals surface area (Å²) in [5, 5.41) is 0. The highest BCUT2D eigenvalue weighted by Crippen LogP contribution is 2.39. The second kappa shape index (κ2) is 3.95. The van der Waals surface area contributed by atoms with Gasteiger partial charge in [-0.1, -0.05) is 12.1 Å². The Morgan fingerprint density at radius 3 is 2.67 bits per heavy atom. The predicted octanol–water partition coefficient (Wildman–Crippen LogP) is 1.60. The number of rotatable bonds is 3. The van der Waals surface area contributed by atoms with E-state index in [9.17, 15) is 0 Å². The van der Waals surface area contributed by atoms with E-state index in [1.807, 2.05) is 12.1 Å². The summed E-state index contributed by atoms with van der Waals surface area (Å²) in [4.78, 5) is 0. The lowest BCUT2D eigenvalue weighted by Crippen LogP contribution is -2.02. The van der Waals surface area contributed by atoms with Crippen LogP contribution in [0.5, 0.6) is 11.5 Å². The van der Waals surface area contributed by atoms with Gasteiger partial charge in [-0.05, 0) is 23.6 Å². The van der Waals surface area contributed by atoms with Gasteiger partial charge in [0.15, 0.2) is 11.5 Å². The Hall–Kier alpha value is -1.48. The fourth-order valence-corrected chi connectivity index (χ4v) is 2.02. The van der Waals surface area contributed by atoms with Crippen molar-refractivity contribution in [2.24, 2.45) is 5.73 Å². The average Bonchev–Trinajstić information content (AvgIpc) is 2.70. The molecule has 0 aromatic heterocycles. The van der Waals surface area contributed by atoms with Crippen LogP contribution >= 0.6 is 0 Å². The van der Waals surface area contributed by atoms with Crippen LogP contribution in [0.25, 0.3) is 5.57 Å². The van der Waals surface area contributed by atoms with Gasteiger partial charge in [0.1, 0.15) is 0 Å². The van der Waals surface area contributed by atoms with Crippen molar-refractivity contribution in [2.45, 2.75) is 6.42 Å². The van der Waals surface area contributed by atoms with Crippen molar-refractivity contribution in [3.8, 4) is 11.5 Å². The van der Waals surface area contributed by atoms with E-state index in [1.165, 1.54) is 16.7 Å². The number of ether oxygens (including phenoxy) is 2. The van der Waals surface area contributed by atoms with E-state index in [0.717, 1.165) is 17.9 Å². The molecule has 0 saturated heterocycles. The molecule has 0 fully saturated rings. The smallest absolute Gasteiger partial charge is 0.164 e. The van der Waals surface area contributed by atoms with Gasteiger partial charge < -0.3 is 15.2 Å². The number of methoxy groups -OCH3 is 2. The molecule has 0 amide bonds. The molecule has 0 radical (unpaired) electrons. The Labute approximate surface area is 89.5 Å². The SMILES string of the molecule is COc1ccc2c(c1OC)CC=C2CN. The third-order valence-electron chi connectivity index (χ3n) is 2.77. The van der Waals surface area contributed by atoms with Crippen LogP contribution in [-0.4, -0.2) is 20.8 Å². The zero-order valence-electron chi connectivity index (χ0n) is 9.04. The summed E-state index contributed by atoms with van der Waals surface area (Å²) < 4.78 is 10.6. The van der Waals surface area contributed by atoms with Crippen LogP contribution in [0.3, 0.4) is 0 Å². The molecule has 1 aliphatic carbocycles. The predicted molar refractivity (Wildman–Crippen MR) is 60.3 cm³/mol. The Kier molecular flexibility index (Phi) is 2.64. The summed E-state index contributed by atoms with van der Waals surface area (Å²) in [6.07, 6.45) is 3.02. The first-order valence-corrected chi connectivity index (χ1v) is 4.95. The minimum atomic E-state index is 0.572. The molecule has 0 heterocycles. The molecule has 0 unspecified atom stereocenters. The largest absolute Gasteiger partial charge is 0.493 e. The van der Waals surface area contributed by atoms with E-state index < -0.39 is 0 Å². The van der Waals surface area contributed by atoms with Crippen molar-refractivity contribution >= 4 is 5.57 Å². The first-order valence-electron chi connectivity index (χ1n) is 4.95. The highest BCUT2D eigenvalue weighted by molar-refractivity contribution is 5.77. The first-order chi connectivity index (χ1) is 7.31. The van der Waals surface area contributed by atoms with E-state index in [4.69, 9.17) is 15.2 Å². The molecule has 0 spiro atoms. The summed E-state index contributed by atoms with van der Waals surface area (Å²) in [6, 6.07) is 3.97. The van der Waals surface area contributed by atoms with E-state index in [2.05, 4.69) is 6.08 Å². The number of fused-ring (bicyclic) bond motifs is 1. The molecule has 0 aliphatic heterocycles. The fraction of sp³-hybridized carbons (Fsp3) is 0.333. The van der Waals surface area contributed by atoms with E-state index in [0.29, 0.717) is 6.54 Å². The molecule has 2 rings (SSSR count). The number of hydrogen-bond acceptors (Lipinski definition) is 3. The van der Waals surface area contributed by atoms with E-state index in [-0.39, 0.29) is 0 Å². The molecular weight excluding hydrogens is 190 g/mol. The highest BCUT2D eigenvalue weighted by atomic mass is 16.5. The van der Waals surface area contributed by atoms with Crippen LogP contribution < -0.4 is 15.2 Å². The quantitative estimate of drug-likeness (QED) is 0.815. The first kappa shape index (κ1) is 10.1. The summed E-state index contributed by atoms with van der Waals surface area (Å²) in [5.74, 6) is 1.61. The normalized spacial score (nSPS) is 13.4. The van der Waals surface area contributed by atoms with Gasteiger partial charge in [0.25, 0.3) is 0 Å². The third kappa shape index (κ3) is 1.49. The van der Waals surface area contributed by atoms with Crippen LogP contribution in [-0.2, 0) is 6.42 Å². The molecule has 3 heteroatoms. The molecule has 2 N–H and O–H groups in total. The average molecular weight is 205 g/mol. The van der Waals surface area contributed by atoms with Gasteiger partial charge in [0.2, 0.25) is 0 Å². The summed E-state index contributed by atoms with van der Waals surface area (Å²) in [5.41, 5.74) is 9.22. The standard InChI is InChI=1S/C12H15NO2/c1-14-11-6-5-9-8(7-13)3-4-10(9)12(11)15-2/h3,5-6H,4,7,13H2,1-2H3. The minimum Gasteiger partial charge on any atom is -0.493 e. The molecular formula is C12H15NO2. The van der Waals surface area contributed by atoms with Gasteiger partial charge in [0.05, 0.1) is 14.2 Å². The number of benzene rings is 1. The number of hydrogen-bond donors (Lipinski definition) is 1. The van der Waals surface area contributed by atoms with Crippen LogP contribution in [0.1, 0.15) is 11.1 Å². The van der Waals surface area contributed by atoms with Crippen molar-refractivity contribution in [3.63, 3.8) is 0 Å². The maximum atomic E-state index is 5.67.